The van der Waals surface area contributed by atoms with Gasteiger partial charge in [-0.15, -0.1) is 0 Å². The summed E-state index contributed by atoms with van der Waals surface area (Å²) in [5, 5.41) is 9.76. The third-order valence-corrected chi connectivity index (χ3v) is 6.89. The normalized spacial score (nSPS) is 16.2. The molecule has 1 saturated heterocycles. The first-order valence-corrected chi connectivity index (χ1v) is 11.4. The van der Waals surface area contributed by atoms with Crippen molar-refractivity contribution >= 4 is 27.5 Å². The smallest absolute Gasteiger partial charge is 0.260 e. The molecule has 0 atom stereocenters. The Labute approximate surface area is 172 Å². The van der Waals surface area contributed by atoms with Gasteiger partial charge in [-0.1, -0.05) is 11.6 Å². The van der Waals surface area contributed by atoms with Crippen LogP contribution >= 0.6 is 11.6 Å². The summed E-state index contributed by atoms with van der Waals surface area (Å²) in [5.74, 6) is 0.398. The lowest BCUT2D eigenvalue weighted by molar-refractivity contribution is -0.134. The lowest BCUT2D eigenvalue weighted by atomic mass is 10.0. The number of piperidine rings is 1. The van der Waals surface area contributed by atoms with E-state index >= 15 is 0 Å². The van der Waals surface area contributed by atoms with Crippen molar-refractivity contribution in [2.24, 2.45) is 0 Å². The van der Waals surface area contributed by atoms with Gasteiger partial charge >= 0.3 is 0 Å². The third-order valence-electron chi connectivity index (χ3n) is 4.68. The van der Waals surface area contributed by atoms with E-state index in [1.54, 1.807) is 43.0 Å². The molecule has 0 saturated carbocycles. The number of benzene rings is 1. The van der Waals surface area contributed by atoms with Gasteiger partial charge in [0.25, 0.3) is 5.91 Å². The Balaban J connectivity index is 1.73. The van der Waals surface area contributed by atoms with E-state index in [0.29, 0.717) is 56.1 Å². The summed E-state index contributed by atoms with van der Waals surface area (Å²) in [6.07, 6.45) is 1.89. The van der Waals surface area contributed by atoms with Crippen molar-refractivity contribution in [3.8, 4) is 5.75 Å². The lowest BCUT2D eigenvalue weighted by Crippen LogP contribution is -2.46. The highest BCUT2D eigenvalue weighted by atomic mass is 35.5. The number of halogens is 1. The summed E-state index contributed by atoms with van der Waals surface area (Å²) in [5.41, 5.74) is -0.800. The molecule has 158 valence electrons. The minimum absolute atomic E-state index is 0.0890. The Morgan fingerprint density at radius 3 is 2.46 bits per heavy atom. The molecule has 0 aromatic heterocycles. The fraction of sp³-hybridized carbons (Fsp3) is 0.632. The summed E-state index contributed by atoms with van der Waals surface area (Å²) in [6.45, 7) is 4.39. The van der Waals surface area contributed by atoms with E-state index in [4.69, 9.17) is 16.3 Å². The van der Waals surface area contributed by atoms with Crippen LogP contribution in [-0.2, 0) is 14.8 Å². The van der Waals surface area contributed by atoms with Crippen molar-refractivity contribution in [2.75, 3.05) is 26.2 Å². The minimum atomic E-state index is -3.42. The van der Waals surface area contributed by atoms with Crippen LogP contribution in [0.2, 0.25) is 5.02 Å². The molecule has 9 heteroatoms. The number of hydrogen-bond acceptors (Lipinski definition) is 5. The number of carbonyl (C=O) groups excluding carboxylic acids is 1. The average molecular weight is 433 g/mol. The number of hydrogen-bond donors (Lipinski definition) is 2. The zero-order chi connectivity index (χ0) is 20.8. The second-order valence-corrected chi connectivity index (χ2v) is 10.2. The van der Waals surface area contributed by atoms with E-state index in [1.807, 2.05) is 0 Å². The molecule has 2 N–H and O–H groups in total. The highest BCUT2D eigenvalue weighted by Gasteiger charge is 2.31. The van der Waals surface area contributed by atoms with E-state index in [2.05, 4.69) is 4.72 Å². The summed E-state index contributed by atoms with van der Waals surface area (Å²) >= 11 is 5.81. The molecule has 0 bridgehead atoms. The highest BCUT2D eigenvalue weighted by molar-refractivity contribution is 7.90. The number of amides is 1. The highest BCUT2D eigenvalue weighted by Crippen LogP contribution is 2.19. The van der Waals surface area contributed by atoms with Crippen LogP contribution in [-0.4, -0.2) is 61.4 Å². The van der Waals surface area contributed by atoms with Crippen LogP contribution < -0.4 is 9.46 Å². The molecule has 7 nitrogen and oxygen atoms in total. The number of sulfonamides is 1. The van der Waals surface area contributed by atoms with Gasteiger partial charge < -0.3 is 14.7 Å². The second-order valence-electron chi connectivity index (χ2n) is 7.68. The van der Waals surface area contributed by atoms with Gasteiger partial charge in [0.05, 0.1) is 10.9 Å². The molecule has 1 aromatic rings. The van der Waals surface area contributed by atoms with Gasteiger partial charge in [-0.25, -0.2) is 13.1 Å². The molecular formula is C19H29ClN2O5S. The predicted octanol–water partition coefficient (Wildman–Crippen LogP) is 2.18. The van der Waals surface area contributed by atoms with Crippen LogP contribution in [0, 0.1) is 0 Å². The van der Waals surface area contributed by atoms with Crippen LogP contribution in [0.4, 0.5) is 0 Å². The van der Waals surface area contributed by atoms with Gasteiger partial charge in [0, 0.05) is 24.7 Å². The van der Waals surface area contributed by atoms with Gasteiger partial charge in [0.2, 0.25) is 10.0 Å². The third kappa shape index (κ3) is 7.58. The first-order chi connectivity index (χ1) is 13.1. The number of ether oxygens (including phenoxy) is 1. The number of nitrogens with zero attached hydrogens (tertiary/aromatic N) is 1. The standard InChI is InChI=1S/C19H29ClN2O5S/c1-19(2,24)10-3-11-21-28(25,26)17-8-12-22(13-9-17)18(23)14-27-16-6-4-15(20)5-7-16/h4-7,17,21,24H,3,8-14H2,1-2H3. The van der Waals surface area contributed by atoms with Crippen LogP contribution in [0.15, 0.2) is 24.3 Å². The van der Waals surface area contributed by atoms with Gasteiger partial charge in [-0.05, 0) is 63.8 Å². The van der Waals surface area contributed by atoms with Crippen molar-refractivity contribution in [2.45, 2.75) is 50.4 Å². The van der Waals surface area contributed by atoms with E-state index in [0.717, 1.165) is 0 Å². The Kier molecular flexibility index (Phi) is 8.12. The molecule has 0 aliphatic carbocycles. The molecule has 1 fully saturated rings. The van der Waals surface area contributed by atoms with Crippen molar-refractivity contribution in [1.29, 1.82) is 0 Å². The fourth-order valence-electron chi connectivity index (χ4n) is 3.04. The monoisotopic (exact) mass is 432 g/mol. The van der Waals surface area contributed by atoms with Crippen molar-refractivity contribution in [1.82, 2.24) is 9.62 Å². The lowest BCUT2D eigenvalue weighted by Gasteiger charge is -2.31. The zero-order valence-corrected chi connectivity index (χ0v) is 17.9. The predicted molar refractivity (Wildman–Crippen MR) is 109 cm³/mol. The topological polar surface area (TPSA) is 95.9 Å². The van der Waals surface area contributed by atoms with Gasteiger partial charge in [0.15, 0.2) is 6.61 Å². The van der Waals surface area contributed by atoms with Crippen molar-refractivity contribution in [3.63, 3.8) is 0 Å². The number of rotatable bonds is 9. The Hall–Kier alpha value is -1.35. The van der Waals surface area contributed by atoms with E-state index in [9.17, 15) is 18.3 Å². The average Bonchev–Trinajstić information content (AvgIpc) is 2.64. The largest absolute Gasteiger partial charge is 0.484 e. The number of carbonyl (C=O) groups is 1. The second kappa shape index (κ2) is 9.91. The number of nitrogens with one attached hydrogen (secondary N) is 1. The van der Waals surface area contributed by atoms with Gasteiger partial charge in [0.1, 0.15) is 5.75 Å². The van der Waals surface area contributed by atoms with Crippen LogP contribution in [0.5, 0.6) is 5.75 Å². The molecular weight excluding hydrogens is 404 g/mol. The molecule has 1 aliphatic rings. The van der Waals surface area contributed by atoms with Gasteiger partial charge in [-0.3, -0.25) is 4.79 Å². The van der Waals surface area contributed by atoms with E-state index in [-0.39, 0.29) is 12.5 Å². The number of likely N-dealkylation sites (tertiary alicyclic amines) is 1. The molecule has 1 aliphatic heterocycles. The van der Waals surface area contributed by atoms with E-state index in [1.165, 1.54) is 0 Å². The maximum absolute atomic E-state index is 12.4. The summed E-state index contributed by atoms with van der Waals surface area (Å²) in [4.78, 5) is 13.9. The van der Waals surface area contributed by atoms with Crippen LogP contribution in [0.25, 0.3) is 0 Å². The Morgan fingerprint density at radius 2 is 1.89 bits per heavy atom. The zero-order valence-electron chi connectivity index (χ0n) is 16.4. The molecule has 2 rings (SSSR count). The fourth-order valence-corrected chi connectivity index (χ4v) is 4.66. The molecule has 0 unspecified atom stereocenters. The Bertz CT molecular complexity index is 739. The Morgan fingerprint density at radius 1 is 1.29 bits per heavy atom. The minimum Gasteiger partial charge on any atom is -0.484 e. The van der Waals surface area contributed by atoms with E-state index < -0.39 is 20.9 Å². The molecule has 1 aromatic carbocycles. The van der Waals surface area contributed by atoms with Crippen molar-refractivity contribution < 1.29 is 23.1 Å². The first kappa shape index (κ1) is 22.9. The molecule has 0 spiro atoms. The van der Waals surface area contributed by atoms with Crippen LogP contribution in [0.1, 0.15) is 39.5 Å². The maximum Gasteiger partial charge on any atom is 0.260 e. The quantitative estimate of drug-likeness (QED) is 0.583. The van der Waals surface area contributed by atoms with Crippen LogP contribution in [0.3, 0.4) is 0 Å². The first-order valence-electron chi connectivity index (χ1n) is 9.44. The SMILES string of the molecule is CC(C)(O)CCCNS(=O)(=O)C1CCN(C(=O)COc2ccc(Cl)cc2)CC1. The molecule has 1 heterocycles. The van der Waals surface area contributed by atoms with Crippen molar-refractivity contribution in [3.05, 3.63) is 29.3 Å². The summed E-state index contributed by atoms with van der Waals surface area (Å²) < 4.78 is 32.9. The molecule has 1 amide bonds. The molecule has 28 heavy (non-hydrogen) atoms. The van der Waals surface area contributed by atoms with Gasteiger partial charge in [-0.2, -0.15) is 0 Å². The molecule has 0 radical (unpaired) electrons. The summed E-state index contributed by atoms with van der Waals surface area (Å²) in [6, 6.07) is 6.76. The summed E-state index contributed by atoms with van der Waals surface area (Å²) in [7, 11) is -3.42. The number of aliphatic hydroxyl groups is 1. The maximum atomic E-state index is 12.4.